The highest BCUT2D eigenvalue weighted by Gasteiger charge is 2.60. The number of carbonyl (C=O) groups excluding carboxylic acids is 2. The average Bonchev–Trinajstić information content (AvgIpc) is 3.74. The number of likely N-dealkylation sites (tertiary alicyclic amines) is 1. The molecule has 2 heterocycles. The number of nitrogens with zero attached hydrogens (tertiary/aromatic N) is 2. The lowest BCUT2D eigenvalue weighted by atomic mass is 9.88. The molecule has 32 heavy (non-hydrogen) atoms. The van der Waals surface area contributed by atoms with E-state index < -0.39 is 0 Å². The maximum Gasteiger partial charge on any atom is 0.233 e. The molecule has 1 saturated heterocycles. The van der Waals surface area contributed by atoms with Gasteiger partial charge in [-0.25, -0.2) is 0 Å². The van der Waals surface area contributed by atoms with E-state index in [-0.39, 0.29) is 28.6 Å². The molecule has 6 heteroatoms. The molecule has 1 N–H and O–H groups in total. The SMILES string of the molecule is O=C(NCCCc1ccncc1)[C@@H]1CC12CCN(C(=O)C1(c3ccc(Cl)cc3)CC1)CC2. The van der Waals surface area contributed by atoms with E-state index >= 15 is 0 Å². The highest BCUT2D eigenvalue weighted by Crippen LogP contribution is 2.60. The van der Waals surface area contributed by atoms with Gasteiger partial charge in [-0.3, -0.25) is 14.6 Å². The Morgan fingerprint density at radius 1 is 1.03 bits per heavy atom. The third-order valence-electron chi connectivity index (χ3n) is 7.80. The summed E-state index contributed by atoms with van der Waals surface area (Å²) in [6, 6.07) is 11.8. The maximum atomic E-state index is 13.3. The van der Waals surface area contributed by atoms with Gasteiger partial charge < -0.3 is 10.2 Å². The van der Waals surface area contributed by atoms with Gasteiger partial charge in [0.05, 0.1) is 5.41 Å². The van der Waals surface area contributed by atoms with Crippen molar-refractivity contribution in [1.29, 1.82) is 0 Å². The predicted molar refractivity (Wildman–Crippen MR) is 124 cm³/mol. The predicted octanol–water partition coefficient (Wildman–Crippen LogP) is 4.14. The van der Waals surface area contributed by atoms with Crippen molar-refractivity contribution < 1.29 is 9.59 Å². The summed E-state index contributed by atoms with van der Waals surface area (Å²) in [5, 5.41) is 3.84. The van der Waals surface area contributed by atoms with Crippen LogP contribution in [0.15, 0.2) is 48.8 Å². The first kappa shape index (κ1) is 21.4. The van der Waals surface area contributed by atoms with Crippen molar-refractivity contribution in [3.05, 3.63) is 64.9 Å². The number of pyridine rings is 1. The minimum Gasteiger partial charge on any atom is -0.356 e. The standard InChI is InChI=1S/C26H30ClN3O2/c27-21-5-3-20(4-6-21)26(9-10-26)24(32)30-16-11-25(12-17-30)18-22(25)23(31)29-13-1-2-19-7-14-28-15-8-19/h3-8,14-15,22H,1-2,9-13,16-18H2,(H,29,31)/t22-/m0/s1. The molecule has 168 valence electrons. The van der Waals surface area contributed by atoms with E-state index in [0.717, 1.165) is 63.6 Å². The van der Waals surface area contributed by atoms with Crippen molar-refractivity contribution in [2.45, 2.75) is 50.4 Å². The number of aryl methyl sites for hydroxylation is 1. The average molecular weight is 452 g/mol. The molecular weight excluding hydrogens is 422 g/mol. The fourth-order valence-corrected chi connectivity index (χ4v) is 5.55. The number of hydrogen-bond acceptors (Lipinski definition) is 3. The lowest BCUT2D eigenvalue weighted by molar-refractivity contribution is -0.135. The molecule has 0 unspecified atom stereocenters. The Kier molecular flexibility index (Phi) is 5.70. The van der Waals surface area contributed by atoms with Crippen LogP contribution in [0.3, 0.4) is 0 Å². The number of carbonyl (C=O) groups is 2. The Bertz CT molecular complexity index is 980. The molecule has 0 bridgehead atoms. The van der Waals surface area contributed by atoms with Gasteiger partial charge in [-0.05, 0) is 85.8 Å². The number of nitrogens with one attached hydrogen (secondary N) is 1. The molecular formula is C26H30ClN3O2. The normalized spacial score (nSPS) is 22.4. The number of amides is 2. The second-order valence-corrected chi connectivity index (χ2v) is 10.2. The fraction of sp³-hybridized carbons (Fsp3) is 0.500. The zero-order valence-electron chi connectivity index (χ0n) is 18.4. The zero-order valence-corrected chi connectivity index (χ0v) is 19.1. The fourth-order valence-electron chi connectivity index (χ4n) is 5.43. The van der Waals surface area contributed by atoms with E-state index in [1.54, 1.807) is 12.4 Å². The van der Waals surface area contributed by atoms with Gasteiger partial charge in [0.25, 0.3) is 0 Å². The van der Waals surface area contributed by atoms with Crippen LogP contribution in [0.5, 0.6) is 0 Å². The third-order valence-corrected chi connectivity index (χ3v) is 8.05. The van der Waals surface area contributed by atoms with Crippen molar-refractivity contribution in [3.63, 3.8) is 0 Å². The van der Waals surface area contributed by atoms with Crippen molar-refractivity contribution in [1.82, 2.24) is 15.2 Å². The molecule has 2 aliphatic carbocycles. The van der Waals surface area contributed by atoms with Gasteiger partial charge in [0.1, 0.15) is 0 Å². The highest BCUT2D eigenvalue weighted by atomic mass is 35.5. The lowest BCUT2D eigenvalue weighted by Gasteiger charge is -2.35. The van der Waals surface area contributed by atoms with Crippen LogP contribution in [0.25, 0.3) is 0 Å². The Balaban J connectivity index is 1.08. The van der Waals surface area contributed by atoms with Gasteiger partial charge in [-0.1, -0.05) is 23.7 Å². The van der Waals surface area contributed by atoms with Crippen molar-refractivity contribution in [2.75, 3.05) is 19.6 Å². The Hall–Kier alpha value is -2.40. The minimum absolute atomic E-state index is 0.114. The quantitative estimate of drug-likeness (QED) is 0.643. The molecule has 1 spiro atoms. The number of rotatable bonds is 7. The smallest absolute Gasteiger partial charge is 0.233 e. The summed E-state index contributed by atoms with van der Waals surface area (Å²) in [4.78, 5) is 32.1. The molecule has 1 aromatic heterocycles. The van der Waals surface area contributed by atoms with E-state index in [2.05, 4.69) is 10.3 Å². The van der Waals surface area contributed by atoms with Crippen LogP contribution >= 0.6 is 11.6 Å². The summed E-state index contributed by atoms with van der Waals surface area (Å²) in [6.45, 7) is 2.24. The molecule has 0 radical (unpaired) electrons. The van der Waals surface area contributed by atoms with Crippen LogP contribution < -0.4 is 5.32 Å². The van der Waals surface area contributed by atoms with Gasteiger partial charge in [-0.15, -0.1) is 0 Å². The molecule has 2 aromatic rings. The first-order valence-electron chi connectivity index (χ1n) is 11.7. The Labute approximate surface area is 194 Å². The second-order valence-electron chi connectivity index (χ2n) is 9.75. The van der Waals surface area contributed by atoms with E-state index in [1.807, 2.05) is 41.3 Å². The summed E-state index contributed by atoms with van der Waals surface area (Å²) in [5.74, 6) is 0.568. The van der Waals surface area contributed by atoms with Crippen LogP contribution in [0, 0.1) is 11.3 Å². The number of piperidine rings is 1. The monoisotopic (exact) mass is 451 g/mol. The minimum atomic E-state index is -0.343. The number of halogens is 1. The topological polar surface area (TPSA) is 62.3 Å². The van der Waals surface area contributed by atoms with Crippen molar-refractivity contribution in [3.8, 4) is 0 Å². The molecule has 1 atom stereocenters. The molecule has 2 saturated carbocycles. The summed E-state index contributed by atoms with van der Waals surface area (Å²) in [5.41, 5.74) is 2.11. The van der Waals surface area contributed by atoms with Crippen LogP contribution in [0.1, 0.15) is 49.7 Å². The third kappa shape index (κ3) is 4.15. The van der Waals surface area contributed by atoms with Crippen LogP contribution in [0.4, 0.5) is 0 Å². The first-order valence-corrected chi connectivity index (χ1v) is 12.1. The molecule has 5 nitrogen and oxygen atoms in total. The lowest BCUT2D eigenvalue weighted by Crippen LogP contribution is -2.45. The molecule has 1 aromatic carbocycles. The van der Waals surface area contributed by atoms with Crippen LogP contribution in [-0.2, 0) is 21.4 Å². The van der Waals surface area contributed by atoms with Crippen LogP contribution in [-0.4, -0.2) is 41.3 Å². The number of hydrogen-bond donors (Lipinski definition) is 1. The van der Waals surface area contributed by atoms with E-state index in [1.165, 1.54) is 5.56 Å². The Morgan fingerprint density at radius 2 is 1.72 bits per heavy atom. The van der Waals surface area contributed by atoms with Gasteiger partial charge >= 0.3 is 0 Å². The molecule has 5 rings (SSSR count). The molecule has 2 amide bonds. The largest absolute Gasteiger partial charge is 0.356 e. The van der Waals surface area contributed by atoms with Crippen molar-refractivity contribution in [2.24, 2.45) is 11.3 Å². The Morgan fingerprint density at radius 3 is 2.38 bits per heavy atom. The molecule has 3 aliphatic rings. The van der Waals surface area contributed by atoms with Gasteiger partial charge in [0.2, 0.25) is 11.8 Å². The zero-order chi connectivity index (χ0) is 22.2. The van der Waals surface area contributed by atoms with Gasteiger partial charge in [-0.2, -0.15) is 0 Å². The molecule has 3 fully saturated rings. The van der Waals surface area contributed by atoms with E-state index in [4.69, 9.17) is 11.6 Å². The maximum absolute atomic E-state index is 13.3. The van der Waals surface area contributed by atoms with Crippen LogP contribution in [0.2, 0.25) is 5.02 Å². The number of benzene rings is 1. The summed E-state index contributed by atoms with van der Waals surface area (Å²) in [6.07, 6.45) is 10.2. The van der Waals surface area contributed by atoms with Crippen molar-refractivity contribution >= 4 is 23.4 Å². The van der Waals surface area contributed by atoms with Gasteiger partial charge in [0.15, 0.2) is 0 Å². The molecule has 1 aliphatic heterocycles. The summed E-state index contributed by atoms with van der Waals surface area (Å²) >= 11 is 6.03. The van der Waals surface area contributed by atoms with E-state index in [9.17, 15) is 9.59 Å². The van der Waals surface area contributed by atoms with Gasteiger partial charge in [0, 0.05) is 43.0 Å². The summed E-state index contributed by atoms with van der Waals surface area (Å²) in [7, 11) is 0. The first-order chi connectivity index (χ1) is 15.5. The van der Waals surface area contributed by atoms with E-state index in [0.29, 0.717) is 11.6 Å². The second kappa shape index (κ2) is 8.51. The highest BCUT2D eigenvalue weighted by molar-refractivity contribution is 6.30. The number of aromatic nitrogens is 1. The summed E-state index contributed by atoms with van der Waals surface area (Å²) < 4.78 is 0.